The number of carboxylic acid groups (broad SMARTS) is 1. The summed E-state index contributed by atoms with van der Waals surface area (Å²) >= 11 is 0. The molecule has 2 aromatic carbocycles. The third-order valence-electron chi connectivity index (χ3n) is 8.06. The van der Waals surface area contributed by atoms with E-state index in [4.69, 9.17) is 4.74 Å². The molecule has 2 aromatic rings. The molecule has 2 N–H and O–H groups in total. The number of halogens is 3. The number of carbonyl (C=O) groups is 1. The summed E-state index contributed by atoms with van der Waals surface area (Å²) in [6, 6.07) is 8.05. The maximum absolute atomic E-state index is 14.3. The Morgan fingerprint density at radius 1 is 1.15 bits per heavy atom. The van der Waals surface area contributed by atoms with Gasteiger partial charge in [0.05, 0.1) is 12.0 Å². The summed E-state index contributed by atoms with van der Waals surface area (Å²) in [5.41, 5.74) is -0.407. The van der Waals surface area contributed by atoms with Crippen molar-refractivity contribution in [1.29, 1.82) is 0 Å². The second-order valence-electron chi connectivity index (χ2n) is 10.8. The number of rotatable bonds is 6. The van der Waals surface area contributed by atoms with E-state index in [-0.39, 0.29) is 29.3 Å². The molecule has 3 atom stereocenters. The second-order valence-corrected chi connectivity index (χ2v) is 10.8. The van der Waals surface area contributed by atoms with Crippen molar-refractivity contribution in [2.75, 3.05) is 0 Å². The van der Waals surface area contributed by atoms with Crippen molar-refractivity contribution in [2.24, 2.45) is 17.3 Å². The first-order valence-electron chi connectivity index (χ1n) is 12.2. The fourth-order valence-corrected chi connectivity index (χ4v) is 5.53. The van der Waals surface area contributed by atoms with Crippen LogP contribution in [-0.2, 0) is 11.0 Å². The number of alkyl halides is 3. The third kappa shape index (κ3) is 4.77. The maximum Gasteiger partial charge on any atom is 0.420 e. The highest BCUT2D eigenvalue weighted by Crippen LogP contribution is 2.47. The van der Waals surface area contributed by atoms with E-state index in [2.05, 4.69) is 12.2 Å². The molecule has 0 heterocycles. The van der Waals surface area contributed by atoms with E-state index in [0.717, 1.165) is 31.2 Å². The largest absolute Gasteiger partial charge is 0.490 e. The molecule has 186 valence electrons. The highest BCUT2D eigenvalue weighted by atomic mass is 19.4. The molecule has 7 heteroatoms. The lowest BCUT2D eigenvalue weighted by molar-refractivity contribution is -0.155. The lowest BCUT2D eigenvalue weighted by Gasteiger charge is -2.51. The van der Waals surface area contributed by atoms with E-state index >= 15 is 0 Å². The van der Waals surface area contributed by atoms with E-state index in [1.54, 1.807) is 18.2 Å². The Kier molecular flexibility index (Phi) is 6.62. The number of ether oxygens (including phenoxy) is 1. The summed E-state index contributed by atoms with van der Waals surface area (Å²) in [7, 11) is 0. The fourth-order valence-electron chi connectivity index (χ4n) is 5.53. The van der Waals surface area contributed by atoms with Gasteiger partial charge in [0.15, 0.2) is 0 Å². The van der Waals surface area contributed by atoms with Crippen LogP contribution in [0.25, 0.3) is 10.8 Å². The molecule has 4 nitrogen and oxygen atoms in total. The van der Waals surface area contributed by atoms with Crippen molar-refractivity contribution >= 4 is 16.7 Å². The van der Waals surface area contributed by atoms with Crippen LogP contribution < -0.4 is 10.1 Å². The zero-order valence-electron chi connectivity index (χ0n) is 20.2. The summed E-state index contributed by atoms with van der Waals surface area (Å²) in [6.45, 7) is 7.90. The number of fused-ring (bicyclic) bond motifs is 1. The molecule has 2 saturated carbocycles. The Bertz CT molecular complexity index is 1060. The van der Waals surface area contributed by atoms with Gasteiger partial charge in [-0.1, -0.05) is 39.0 Å². The van der Waals surface area contributed by atoms with E-state index in [1.165, 1.54) is 6.07 Å². The zero-order chi connectivity index (χ0) is 24.8. The molecule has 0 saturated heterocycles. The Morgan fingerprint density at radius 2 is 1.79 bits per heavy atom. The van der Waals surface area contributed by atoms with Gasteiger partial charge in [-0.15, -0.1) is 0 Å². The number of carboxylic acids is 1. The molecule has 34 heavy (non-hydrogen) atoms. The first kappa shape index (κ1) is 24.8. The van der Waals surface area contributed by atoms with Crippen LogP contribution >= 0.6 is 0 Å². The third-order valence-corrected chi connectivity index (χ3v) is 8.06. The molecule has 2 aliphatic carbocycles. The van der Waals surface area contributed by atoms with E-state index in [0.29, 0.717) is 17.7 Å². The van der Waals surface area contributed by atoms with Crippen LogP contribution in [0.4, 0.5) is 13.2 Å². The van der Waals surface area contributed by atoms with Gasteiger partial charge in [-0.05, 0) is 78.8 Å². The van der Waals surface area contributed by atoms with Crippen LogP contribution in [0, 0.1) is 17.3 Å². The van der Waals surface area contributed by atoms with Gasteiger partial charge < -0.3 is 15.2 Å². The van der Waals surface area contributed by atoms with Gasteiger partial charge in [0.2, 0.25) is 0 Å². The van der Waals surface area contributed by atoms with Gasteiger partial charge >= 0.3 is 12.1 Å². The average molecular weight is 478 g/mol. The maximum atomic E-state index is 14.3. The average Bonchev–Trinajstić information content (AvgIpc) is 2.76. The van der Waals surface area contributed by atoms with Gasteiger partial charge in [0.25, 0.3) is 0 Å². The first-order chi connectivity index (χ1) is 15.9. The molecule has 0 unspecified atom stereocenters. The molecule has 0 bridgehead atoms. The zero-order valence-corrected chi connectivity index (χ0v) is 20.2. The molecule has 2 aliphatic rings. The molecular weight excluding hydrogens is 443 g/mol. The smallest absolute Gasteiger partial charge is 0.420 e. The highest BCUT2D eigenvalue weighted by molar-refractivity contribution is 5.89. The van der Waals surface area contributed by atoms with Gasteiger partial charge in [-0.25, -0.2) is 0 Å². The van der Waals surface area contributed by atoms with Crippen molar-refractivity contribution < 1.29 is 27.8 Å². The number of nitrogens with one attached hydrogen (secondary N) is 1. The number of aliphatic carboxylic acids is 1. The molecule has 0 amide bonds. The quantitative estimate of drug-likeness (QED) is 0.472. The number of hydrogen-bond acceptors (Lipinski definition) is 3. The van der Waals surface area contributed by atoms with E-state index in [1.807, 2.05) is 26.8 Å². The van der Waals surface area contributed by atoms with Crippen LogP contribution in [0.5, 0.6) is 5.75 Å². The van der Waals surface area contributed by atoms with Crippen molar-refractivity contribution in [3.8, 4) is 5.75 Å². The summed E-state index contributed by atoms with van der Waals surface area (Å²) in [6.07, 6.45) is -0.761. The predicted molar refractivity (Wildman–Crippen MR) is 126 cm³/mol. The number of hydrogen-bond donors (Lipinski definition) is 2. The Hall–Kier alpha value is -2.28. The van der Waals surface area contributed by atoms with Gasteiger partial charge in [0.1, 0.15) is 11.3 Å². The van der Waals surface area contributed by atoms with Crippen molar-refractivity contribution in [3.63, 3.8) is 0 Å². The fraction of sp³-hybridized carbons (Fsp3) is 0.593. The van der Waals surface area contributed by atoms with Crippen LogP contribution in [0.15, 0.2) is 30.3 Å². The van der Waals surface area contributed by atoms with Crippen LogP contribution in [0.2, 0.25) is 0 Å². The highest BCUT2D eigenvalue weighted by Gasteiger charge is 2.52. The Balaban J connectivity index is 1.62. The lowest BCUT2D eigenvalue weighted by Crippen LogP contribution is -2.59. The van der Waals surface area contributed by atoms with E-state index < -0.39 is 29.0 Å². The summed E-state index contributed by atoms with van der Waals surface area (Å²) in [5, 5.41) is 13.5. The summed E-state index contributed by atoms with van der Waals surface area (Å²) in [4.78, 5) is 11.4. The molecule has 0 spiro atoms. The first-order valence-corrected chi connectivity index (χ1v) is 12.2. The summed E-state index contributed by atoms with van der Waals surface area (Å²) < 4.78 is 48.7. The molecule has 0 aliphatic heterocycles. The monoisotopic (exact) mass is 477 g/mol. The molecule has 4 rings (SSSR count). The van der Waals surface area contributed by atoms with Crippen LogP contribution in [-0.4, -0.2) is 23.2 Å². The second kappa shape index (κ2) is 9.06. The minimum absolute atomic E-state index is 0.0234. The van der Waals surface area contributed by atoms with Crippen molar-refractivity contribution in [2.45, 2.75) is 84.2 Å². The summed E-state index contributed by atoms with van der Waals surface area (Å²) in [5.74, 6) is -0.743. The van der Waals surface area contributed by atoms with Gasteiger partial charge in [0, 0.05) is 12.1 Å². The molecular formula is C27H34F3NO3. The molecule has 2 fully saturated rings. The lowest BCUT2D eigenvalue weighted by atomic mass is 9.58. The standard InChI is InChI=1S/C27H34F3NO3/c1-15-5-10-19(11-6-15)34-22-12-9-17-7-8-18(13-20(17)24(22)27(28,29)30)16(2)31-23-14-21(25(32)33)26(23,3)4/h7-9,12-13,15-16,19,21,23,31H,5-6,10-11,14H2,1-4H3,(H,32,33)/t15?,16-,19?,21-,23-/m0/s1. The SMILES string of the molecule is CC1CCC(Oc2ccc3ccc([C@H](C)N[C@H]4C[C@@H](C(=O)O)C4(C)C)cc3c2C(F)(F)F)CC1. The molecule has 0 radical (unpaired) electrons. The molecule has 0 aromatic heterocycles. The van der Waals surface area contributed by atoms with Crippen LogP contribution in [0.1, 0.15) is 77.0 Å². The number of benzene rings is 2. The van der Waals surface area contributed by atoms with Crippen molar-refractivity contribution in [1.82, 2.24) is 5.32 Å². The topological polar surface area (TPSA) is 58.6 Å². The predicted octanol–water partition coefficient (Wildman–Crippen LogP) is 6.97. The Labute approximate surface area is 198 Å². The normalized spacial score (nSPS) is 27.7. The van der Waals surface area contributed by atoms with Crippen LogP contribution in [0.3, 0.4) is 0 Å². The minimum atomic E-state index is -4.54. The van der Waals surface area contributed by atoms with Gasteiger partial charge in [-0.3, -0.25) is 4.79 Å². The van der Waals surface area contributed by atoms with Gasteiger partial charge in [-0.2, -0.15) is 13.2 Å². The Morgan fingerprint density at radius 3 is 2.38 bits per heavy atom. The van der Waals surface area contributed by atoms with E-state index in [9.17, 15) is 23.1 Å². The minimum Gasteiger partial charge on any atom is -0.490 e. The van der Waals surface area contributed by atoms with Crippen molar-refractivity contribution in [3.05, 3.63) is 41.5 Å².